The van der Waals surface area contributed by atoms with Gasteiger partial charge in [0.2, 0.25) is 5.91 Å². The molecule has 0 spiro atoms. The maximum Gasteiger partial charge on any atom is 0.304 e. The van der Waals surface area contributed by atoms with Gasteiger partial charge in [-0.25, -0.2) is 0 Å². The number of nitrogens with one attached hydrogen (secondary N) is 1. The molecule has 2 heterocycles. The summed E-state index contributed by atoms with van der Waals surface area (Å²) in [7, 11) is 0. The van der Waals surface area contributed by atoms with Crippen LogP contribution in [-0.2, 0) is 9.59 Å². The van der Waals surface area contributed by atoms with Crippen LogP contribution in [0.15, 0.2) is 24.3 Å². The van der Waals surface area contributed by atoms with Gasteiger partial charge < -0.3 is 15.3 Å². The molecule has 1 fully saturated rings. The average Bonchev–Trinajstić information content (AvgIpc) is 3.06. The second-order valence-electron chi connectivity index (χ2n) is 5.45. The zero-order valence-corrected chi connectivity index (χ0v) is 11.2. The highest BCUT2D eigenvalue weighted by atomic mass is 16.4. The number of anilines is 1. The molecule has 5 heteroatoms. The molecule has 0 aliphatic carbocycles. The Morgan fingerprint density at radius 1 is 1.35 bits per heavy atom. The van der Waals surface area contributed by atoms with E-state index in [2.05, 4.69) is 5.32 Å². The summed E-state index contributed by atoms with van der Waals surface area (Å²) in [6.07, 6.45) is 1.95. The minimum atomic E-state index is -0.821. The standard InChI is InChI=1S/C15H18N2O3/c18-14(19)8-10-9-17(13-6-2-1-4-11(10)13)15(20)12-5-3-7-16-12/h1-2,4,6,10,12,16H,3,5,7-9H2,(H,18,19). The first-order valence-corrected chi connectivity index (χ1v) is 7.02. The van der Waals surface area contributed by atoms with Crippen LogP contribution in [0.2, 0.25) is 0 Å². The lowest BCUT2D eigenvalue weighted by Gasteiger charge is -2.21. The molecule has 2 unspecified atom stereocenters. The van der Waals surface area contributed by atoms with Crippen molar-refractivity contribution in [1.82, 2.24) is 5.32 Å². The Morgan fingerprint density at radius 2 is 2.15 bits per heavy atom. The highest BCUT2D eigenvalue weighted by molar-refractivity contribution is 5.99. The smallest absolute Gasteiger partial charge is 0.304 e. The molecule has 5 nitrogen and oxygen atoms in total. The molecular formula is C15H18N2O3. The fourth-order valence-electron chi connectivity index (χ4n) is 3.17. The van der Waals surface area contributed by atoms with Gasteiger partial charge in [-0.3, -0.25) is 9.59 Å². The van der Waals surface area contributed by atoms with Gasteiger partial charge in [0.1, 0.15) is 0 Å². The van der Waals surface area contributed by atoms with E-state index in [1.807, 2.05) is 24.3 Å². The Morgan fingerprint density at radius 3 is 2.85 bits per heavy atom. The number of aliphatic carboxylic acids is 1. The number of para-hydroxylation sites is 1. The summed E-state index contributed by atoms with van der Waals surface area (Å²) >= 11 is 0. The molecule has 0 radical (unpaired) electrons. The topological polar surface area (TPSA) is 69.6 Å². The van der Waals surface area contributed by atoms with Crippen molar-refractivity contribution in [2.24, 2.45) is 0 Å². The molecule has 0 saturated carbocycles. The molecule has 106 valence electrons. The first-order chi connectivity index (χ1) is 9.66. The van der Waals surface area contributed by atoms with Crippen molar-refractivity contribution in [2.75, 3.05) is 18.0 Å². The minimum absolute atomic E-state index is 0.0683. The second kappa shape index (κ2) is 5.25. The van der Waals surface area contributed by atoms with Gasteiger partial charge in [0.25, 0.3) is 0 Å². The monoisotopic (exact) mass is 274 g/mol. The van der Waals surface area contributed by atoms with E-state index >= 15 is 0 Å². The van der Waals surface area contributed by atoms with Gasteiger partial charge >= 0.3 is 5.97 Å². The Hall–Kier alpha value is -1.88. The summed E-state index contributed by atoms with van der Waals surface area (Å²) in [4.78, 5) is 25.3. The molecule has 2 atom stereocenters. The van der Waals surface area contributed by atoms with Gasteiger partial charge in [0.05, 0.1) is 12.5 Å². The normalized spacial score (nSPS) is 24.7. The number of hydrogen-bond acceptors (Lipinski definition) is 3. The van der Waals surface area contributed by atoms with Crippen LogP contribution in [0, 0.1) is 0 Å². The van der Waals surface area contributed by atoms with Crippen LogP contribution in [0.5, 0.6) is 0 Å². The minimum Gasteiger partial charge on any atom is -0.481 e. The van der Waals surface area contributed by atoms with Crippen LogP contribution in [0.1, 0.15) is 30.7 Å². The number of carbonyl (C=O) groups excluding carboxylic acids is 1. The van der Waals surface area contributed by atoms with Crippen molar-refractivity contribution in [3.63, 3.8) is 0 Å². The third-order valence-corrected chi connectivity index (χ3v) is 4.12. The molecule has 1 saturated heterocycles. The van der Waals surface area contributed by atoms with Crippen molar-refractivity contribution in [3.05, 3.63) is 29.8 Å². The van der Waals surface area contributed by atoms with E-state index in [9.17, 15) is 9.59 Å². The van der Waals surface area contributed by atoms with E-state index in [0.717, 1.165) is 30.6 Å². The number of carbonyl (C=O) groups is 2. The van der Waals surface area contributed by atoms with Crippen LogP contribution in [0.3, 0.4) is 0 Å². The highest BCUT2D eigenvalue weighted by Crippen LogP contribution is 2.38. The summed E-state index contributed by atoms with van der Waals surface area (Å²) in [5.74, 6) is -0.852. The quantitative estimate of drug-likeness (QED) is 0.872. The first-order valence-electron chi connectivity index (χ1n) is 7.02. The lowest BCUT2D eigenvalue weighted by Crippen LogP contribution is -2.43. The number of amides is 1. The second-order valence-corrected chi connectivity index (χ2v) is 5.45. The molecule has 1 amide bonds. The summed E-state index contributed by atoms with van der Waals surface area (Å²) in [6, 6.07) is 7.51. The molecule has 0 aromatic heterocycles. The van der Waals surface area contributed by atoms with Gasteiger partial charge in [-0.05, 0) is 31.0 Å². The van der Waals surface area contributed by atoms with Crippen LogP contribution in [0.25, 0.3) is 0 Å². The number of carboxylic acid groups (broad SMARTS) is 1. The summed E-state index contributed by atoms with van der Waals surface area (Å²) in [5, 5.41) is 12.2. The number of carboxylic acids is 1. The van der Waals surface area contributed by atoms with Gasteiger partial charge in [-0.1, -0.05) is 18.2 Å². The SMILES string of the molecule is O=C(O)CC1CN(C(=O)C2CCCN2)c2ccccc21. The van der Waals surface area contributed by atoms with Crippen molar-refractivity contribution in [3.8, 4) is 0 Å². The van der Waals surface area contributed by atoms with Crippen LogP contribution >= 0.6 is 0 Å². The first kappa shape index (κ1) is 13.1. The van der Waals surface area contributed by atoms with Crippen molar-refractivity contribution in [1.29, 1.82) is 0 Å². The number of nitrogens with zero attached hydrogens (tertiary/aromatic N) is 1. The molecule has 2 aliphatic rings. The Kier molecular flexibility index (Phi) is 3.44. The maximum absolute atomic E-state index is 12.6. The number of hydrogen-bond donors (Lipinski definition) is 2. The van der Waals surface area contributed by atoms with Gasteiger partial charge in [-0.2, -0.15) is 0 Å². The average molecular weight is 274 g/mol. The van der Waals surface area contributed by atoms with Crippen LogP contribution in [0.4, 0.5) is 5.69 Å². The molecule has 3 rings (SSSR count). The highest BCUT2D eigenvalue weighted by Gasteiger charge is 2.36. The zero-order valence-electron chi connectivity index (χ0n) is 11.2. The Labute approximate surface area is 117 Å². The van der Waals surface area contributed by atoms with Gasteiger partial charge in [0.15, 0.2) is 0 Å². The van der Waals surface area contributed by atoms with E-state index in [0.29, 0.717) is 6.54 Å². The van der Waals surface area contributed by atoms with E-state index in [-0.39, 0.29) is 24.3 Å². The molecule has 0 bridgehead atoms. The van der Waals surface area contributed by atoms with E-state index in [4.69, 9.17) is 5.11 Å². The summed E-state index contributed by atoms with van der Waals surface area (Å²) in [5.41, 5.74) is 1.85. The molecule has 2 N–H and O–H groups in total. The van der Waals surface area contributed by atoms with Gasteiger partial charge in [0, 0.05) is 18.2 Å². The van der Waals surface area contributed by atoms with Crippen molar-refractivity contribution in [2.45, 2.75) is 31.2 Å². The molecular weight excluding hydrogens is 256 g/mol. The lowest BCUT2D eigenvalue weighted by molar-refractivity contribution is -0.137. The van der Waals surface area contributed by atoms with E-state index < -0.39 is 5.97 Å². The molecule has 1 aromatic carbocycles. The van der Waals surface area contributed by atoms with Crippen molar-refractivity contribution >= 4 is 17.6 Å². The van der Waals surface area contributed by atoms with Crippen LogP contribution in [-0.4, -0.2) is 36.1 Å². The lowest BCUT2D eigenvalue weighted by atomic mass is 9.98. The van der Waals surface area contributed by atoms with E-state index in [1.165, 1.54) is 0 Å². The third kappa shape index (κ3) is 2.29. The third-order valence-electron chi connectivity index (χ3n) is 4.12. The number of rotatable bonds is 3. The van der Waals surface area contributed by atoms with Gasteiger partial charge in [-0.15, -0.1) is 0 Å². The maximum atomic E-state index is 12.6. The summed E-state index contributed by atoms with van der Waals surface area (Å²) < 4.78 is 0. The predicted molar refractivity (Wildman–Crippen MR) is 74.8 cm³/mol. The number of fused-ring (bicyclic) bond motifs is 1. The van der Waals surface area contributed by atoms with Crippen LogP contribution < -0.4 is 10.2 Å². The summed E-state index contributed by atoms with van der Waals surface area (Å²) in [6.45, 7) is 1.35. The molecule has 1 aromatic rings. The Bertz CT molecular complexity index is 538. The fourth-order valence-corrected chi connectivity index (χ4v) is 3.17. The molecule has 2 aliphatic heterocycles. The number of benzene rings is 1. The largest absolute Gasteiger partial charge is 0.481 e. The molecule has 20 heavy (non-hydrogen) atoms. The van der Waals surface area contributed by atoms with Crippen molar-refractivity contribution < 1.29 is 14.7 Å². The Balaban J connectivity index is 1.86. The zero-order chi connectivity index (χ0) is 14.1. The predicted octanol–water partition coefficient (Wildman–Crippen LogP) is 1.34. The fraction of sp³-hybridized carbons (Fsp3) is 0.467. The van der Waals surface area contributed by atoms with E-state index in [1.54, 1.807) is 4.90 Å².